The number of H-pyrrole nitrogens is 2. The van der Waals surface area contributed by atoms with Gasteiger partial charge in [-0.3, -0.25) is 29.5 Å². The zero-order valence-electron chi connectivity index (χ0n) is 24.2. The Morgan fingerprint density at radius 3 is 2.23 bits per heavy atom. The van der Waals surface area contributed by atoms with Crippen LogP contribution in [0.3, 0.4) is 0 Å². The molecular weight excluding hydrogens is 570 g/mol. The van der Waals surface area contributed by atoms with E-state index in [4.69, 9.17) is 5.73 Å². The number of aromatic nitrogens is 4. The predicted molar refractivity (Wildman–Crippen MR) is 156 cm³/mol. The summed E-state index contributed by atoms with van der Waals surface area (Å²) in [4.78, 5) is 42.4. The smallest absolute Gasteiger partial charge is 0.255 e. The van der Waals surface area contributed by atoms with Gasteiger partial charge in [-0.2, -0.15) is 10.2 Å². The largest absolute Gasteiger partial charge is 0.508 e. The van der Waals surface area contributed by atoms with Crippen molar-refractivity contribution < 1.29 is 34.8 Å². The van der Waals surface area contributed by atoms with E-state index < -0.39 is 52.0 Å². The molecule has 0 saturated heterocycles. The maximum atomic E-state index is 13.9. The van der Waals surface area contributed by atoms with E-state index in [0.29, 0.717) is 29.9 Å². The number of benzene rings is 1. The number of Topliss-reactive ketones (excluding diaryl/α,β-unsaturated/α-hetero) is 2. The number of carbonyl (C=O) groups is 3. The highest BCUT2D eigenvalue weighted by Gasteiger charge is 2.60. The predicted octanol–water partition coefficient (Wildman–Crippen LogP) is 1.14. The zero-order valence-corrected chi connectivity index (χ0v) is 24.2. The van der Waals surface area contributed by atoms with Crippen LogP contribution >= 0.6 is 0 Å². The molecule has 6 rings (SSSR count). The molecule has 3 aromatic rings. The highest BCUT2D eigenvalue weighted by Crippen LogP contribution is 2.53. The molecule has 0 spiro atoms. The van der Waals surface area contributed by atoms with Crippen molar-refractivity contribution >= 4 is 28.9 Å². The van der Waals surface area contributed by atoms with E-state index in [1.807, 2.05) is 42.1 Å². The van der Waals surface area contributed by atoms with Crippen LogP contribution in [0.15, 0.2) is 47.5 Å². The highest BCUT2D eigenvalue weighted by atomic mass is 16.3. The number of carbonyl (C=O) groups excluding carboxylic acids is 3. The van der Waals surface area contributed by atoms with Gasteiger partial charge in [-0.05, 0) is 42.5 Å². The van der Waals surface area contributed by atoms with Crippen LogP contribution in [0.2, 0.25) is 0 Å². The molecule has 3 aliphatic carbocycles. The summed E-state index contributed by atoms with van der Waals surface area (Å²) in [7, 11) is 3.66. The van der Waals surface area contributed by atoms with Crippen LogP contribution < -0.4 is 10.6 Å². The van der Waals surface area contributed by atoms with Crippen molar-refractivity contribution in [1.82, 2.24) is 25.3 Å². The van der Waals surface area contributed by atoms with Crippen LogP contribution in [0.1, 0.15) is 40.9 Å². The van der Waals surface area contributed by atoms with Crippen molar-refractivity contribution in [3.8, 4) is 5.75 Å². The summed E-state index contributed by atoms with van der Waals surface area (Å²) in [6.07, 6.45) is 3.22. The van der Waals surface area contributed by atoms with Gasteiger partial charge in [0.2, 0.25) is 5.78 Å². The summed E-state index contributed by atoms with van der Waals surface area (Å²) in [6.45, 7) is 1.13. The minimum Gasteiger partial charge on any atom is -0.508 e. The number of phenols is 1. The molecule has 2 heterocycles. The summed E-state index contributed by atoms with van der Waals surface area (Å²) in [5.74, 6) is -6.52. The molecule has 1 fully saturated rings. The number of aromatic amines is 2. The number of nitrogens with zero attached hydrogens (tertiary/aromatic N) is 4. The number of aromatic hydroxyl groups is 1. The number of phenolic OH excluding ortho intramolecular Hbond substituents is 1. The van der Waals surface area contributed by atoms with Crippen molar-refractivity contribution in [1.29, 1.82) is 0 Å². The fourth-order valence-electron chi connectivity index (χ4n) is 6.88. The highest BCUT2D eigenvalue weighted by molar-refractivity contribution is 6.22. The first-order valence-electron chi connectivity index (χ1n) is 14.1. The monoisotopic (exact) mass is 603 g/mol. The van der Waals surface area contributed by atoms with E-state index in [1.54, 1.807) is 12.4 Å². The Morgan fingerprint density at radius 1 is 1.05 bits per heavy atom. The molecule has 14 heteroatoms. The quantitative estimate of drug-likeness (QED) is 0.181. The maximum absolute atomic E-state index is 13.9. The minimum absolute atomic E-state index is 0.0568. The van der Waals surface area contributed by atoms with Crippen LogP contribution in [-0.2, 0) is 40.4 Å². The van der Waals surface area contributed by atoms with Crippen molar-refractivity contribution in [2.24, 2.45) is 17.6 Å². The second kappa shape index (κ2) is 10.6. The lowest BCUT2D eigenvalue weighted by Gasteiger charge is -2.46. The molecule has 1 aromatic carbocycles. The lowest BCUT2D eigenvalue weighted by atomic mass is 9.59. The Kier molecular flexibility index (Phi) is 7.05. The van der Waals surface area contributed by atoms with Crippen LogP contribution in [0, 0.1) is 11.8 Å². The molecule has 2 aromatic heterocycles. The number of nitrogens with two attached hydrogens (primary N) is 1. The average Bonchev–Trinajstić information content (AvgIpc) is 3.66. The number of aliphatic hydroxyl groups excluding tert-OH is 2. The average molecular weight is 604 g/mol. The summed E-state index contributed by atoms with van der Waals surface area (Å²) in [5, 5.41) is 59.7. The first-order chi connectivity index (χ1) is 20.9. The molecule has 1 unspecified atom stereocenters. The molecule has 1 saturated carbocycles. The van der Waals surface area contributed by atoms with Crippen LogP contribution in [0.5, 0.6) is 5.75 Å². The summed E-state index contributed by atoms with van der Waals surface area (Å²) < 4.78 is 0. The maximum Gasteiger partial charge on any atom is 0.255 e. The Balaban J connectivity index is 1.45. The van der Waals surface area contributed by atoms with E-state index >= 15 is 0 Å². The van der Waals surface area contributed by atoms with Gasteiger partial charge in [0.05, 0.1) is 5.56 Å². The topological polar surface area (TPSA) is 222 Å². The Bertz CT molecular complexity index is 1690. The molecule has 230 valence electrons. The number of primary amides is 1. The number of hydrogen-bond acceptors (Lipinski definition) is 11. The SMILES string of the molecule is CN(C)c1cc(CN(Cc2ccn[nH]2)Cc2ccn[nH]2)c(O)c2c1CC1C[C@H]3CC(=O)C(C(N)=O)=C(O)[C@@]3(O)C(=O)C1=C2O. The molecule has 14 nitrogen and oxygen atoms in total. The third-order valence-electron chi connectivity index (χ3n) is 8.90. The van der Waals surface area contributed by atoms with Gasteiger partial charge in [-0.15, -0.1) is 0 Å². The Hall–Kier alpha value is -4.95. The molecule has 1 amide bonds. The van der Waals surface area contributed by atoms with Crippen molar-refractivity contribution in [3.63, 3.8) is 0 Å². The molecule has 8 N–H and O–H groups in total. The molecular formula is C30H33N7O7. The fourth-order valence-corrected chi connectivity index (χ4v) is 6.88. The summed E-state index contributed by atoms with van der Waals surface area (Å²) >= 11 is 0. The van der Waals surface area contributed by atoms with E-state index in [0.717, 1.165) is 11.4 Å². The number of amides is 1. The standard InChI is InChI=1S/C30H33N7O7/c1-36(2)20-9-15(11-37(12-17-3-5-32-34-17)13-18-4-6-33-35-18)25(39)23-19(20)8-14-7-16-10-21(38)24(29(31)43)28(42)30(16,44)27(41)22(14)26(23)40/h3-6,9,14,16,39-40,42,44H,7-8,10-13H2,1-2H3,(H2,31,43)(H,32,34)(H,33,35)/t14?,16-,30-/m0/s1. The first-order valence-corrected chi connectivity index (χ1v) is 14.1. The van der Waals surface area contributed by atoms with E-state index in [2.05, 4.69) is 20.4 Å². The Morgan fingerprint density at radius 2 is 1.68 bits per heavy atom. The normalized spacial score (nSPS) is 23.1. The van der Waals surface area contributed by atoms with Crippen LogP contribution in [0.25, 0.3) is 5.76 Å². The second-order valence-electron chi connectivity index (χ2n) is 11.9. The summed E-state index contributed by atoms with van der Waals surface area (Å²) in [6, 6.07) is 5.53. The third kappa shape index (κ3) is 4.53. The number of ketones is 2. The molecule has 0 radical (unpaired) electrons. The fraction of sp³-hybridized carbons (Fsp3) is 0.367. The lowest BCUT2D eigenvalue weighted by Crippen LogP contribution is -2.58. The number of anilines is 1. The molecule has 0 bridgehead atoms. The first kappa shape index (κ1) is 29.1. The second-order valence-corrected chi connectivity index (χ2v) is 11.9. The van der Waals surface area contributed by atoms with Crippen molar-refractivity contribution in [3.05, 3.63) is 75.6 Å². The van der Waals surface area contributed by atoms with Gasteiger partial charge in [0, 0.05) is 86.7 Å². The van der Waals surface area contributed by atoms with Crippen LogP contribution in [-0.4, -0.2) is 82.9 Å². The van der Waals surface area contributed by atoms with Crippen molar-refractivity contribution in [2.75, 3.05) is 19.0 Å². The van der Waals surface area contributed by atoms with Gasteiger partial charge in [-0.1, -0.05) is 0 Å². The number of rotatable bonds is 8. The van der Waals surface area contributed by atoms with Gasteiger partial charge in [0.1, 0.15) is 22.8 Å². The van der Waals surface area contributed by atoms with Gasteiger partial charge < -0.3 is 31.1 Å². The van der Waals surface area contributed by atoms with E-state index in [1.165, 1.54) is 0 Å². The zero-order chi connectivity index (χ0) is 31.5. The van der Waals surface area contributed by atoms with Gasteiger partial charge in [0.25, 0.3) is 5.91 Å². The van der Waals surface area contributed by atoms with Crippen LogP contribution in [0.4, 0.5) is 5.69 Å². The number of hydrogen-bond donors (Lipinski definition) is 7. The summed E-state index contributed by atoms with van der Waals surface area (Å²) in [5.41, 5.74) is 5.21. The van der Waals surface area contributed by atoms with E-state index in [-0.39, 0.29) is 42.7 Å². The molecule has 3 atom stereocenters. The Labute approximate surface area is 251 Å². The van der Waals surface area contributed by atoms with Gasteiger partial charge in [-0.25, -0.2) is 0 Å². The third-order valence-corrected chi connectivity index (χ3v) is 8.90. The van der Waals surface area contributed by atoms with Crippen molar-refractivity contribution in [2.45, 2.75) is 44.5 Å². The number of nitrogens with one attached hydrogen (secondary N) is 2. The molecule has 3 aliphatic rings. The number of aliphatic hydroxyl groups is 3. The lowest BCUT2D eigenvalue weighted by molar-refractivity contribution is -0.147. The van der Waals surface area contributed by atoms with E-state index in [9.17, 15) is 34.8 Å². The number of fused-ring (bicyclic) bond motifs is 3. The van der Waals surface area contributed by atoms with Gasteiger partial charge >= 0.3 is 0 Å². The van der Waals surface area contributed by atoms with Gasteiger partial charge in [0.15, 0.2) is 11.4 Å². The minimum atomic E-state index is -2.61. The molecule has 44 heavy (non-hydrogen) atoms. The molecule has 0 aliphatic heterocycles.